The van der Waals surface area contributed by atoms with Gasteiger partial charge < -0.3 is 5.11 Å². The second-order valence-corrected chi connectivity index (χ2v) is 3.38. The number of carbonyl (C=O) groups is 2. The highest BCUT2D eigenvalue weighted by Gasteiger charge is 2.23. The molecule has 1 aromatic carbocycles. The van der Waals surface area contributed by atoms with Crippen LogP contribution in [0.2, 0.25) is 0 Å². The average Bonchev–Trinajstić information content (AvgIpc) is 2.16. The molecule has 0 radical (unpaired) electrons. The number of rotatable bonds is 3. The molecule has 1 atom stereocenters. The third kappa shape index (κ3) is 2.33. The van der Waals surface area contributed by atoms with Gasteiger partial charge in [-0.15, -0.1) is 11.6 Å². The average molecular weight is 213 g/mol. The Bertz CT molecular complexity index is 356. The van der Waals surface area contributed by atoms with Crippen LogP contribution in [-0.4, -0.2) is 16.9 Å². The molecule has 0 bridgehead atoms. The Balaban J connectivity index is 2.89. The molecule has 4 heteroatoms. The van der Waals surface area contributed by atoms with Crippen molar-refractivity contribution in [2.45, 2.75) is 12.3 Å². The molecule has 14 heavy (non-hydrogen) atoms. The molecular formula is C10H9ClO3. The second kappa shape index (κ2) is 4.24. The van der Waals surface area contributed by atoms with Gasteiger partial charge in [-0.05, 0) is 12.5 Å². The molecule has 0 saturated carbocycles. The van der Waals surface area contributed by atoms with Crippen LogP contribution in [0.25, 0.3) is 0 Å². The van der Waals surface area contributed by atoms with Crippen LogP contribution in [0.15, 0.2) is 24.3 Å². The summed E-state index contributed by atoms with van der Waals surface area (Å²) in [6.07, 6.45) is 0. The maximum Gasteiger partial charge on any atom is 0.374 e. The van der Waals surface area contributed by atoms with Crippen molar-refractivity contribution in [2.24, 2.45) is 0 Å². The van der Waals surface area contributed by atoms with E-state index in [4.69, 9.17) is 16.7 Å². The number of halogens is 1. The molecular weight excluding hydrogens is 204 g/mol. The Kier molecular flexibility index (Phi) is 3.25. The summed E-state index contributed by atoms with van der Waals surface area (Å²) in [5, 5.41) is 7.33. The highest BCUT2D eigenvalue weighted by atomic mass is 35.5. The summed E-state index contributed by atoms with van der Waals surface area (Å²) >= 11 is 5.67. The number of aryl methyl sites for hydroxylation is 1. The first-order chi connectivity index (χ1) is 6.52. The summed E-state index contributed by atoms with van der Waals surface area (Å²) in [6.45, 7) is 1.89. The number of alkyl halides is 1. The van der Waals surface area contributed by atoms with E-state index < -0.39 is 17.1 Å². The van der Waals surface area contributed by atoms with Crippen LogP contribution >= 0.6 is 11.6 Å². The monoisotopic (exact) mass is 212 g/mol. The van der Waals surface area contributed by atoms with Gasteiger partial charge in [0.25, 0.3) is 5.78 Å². The van der Waals surface area contributed by atoms with Crippen molar-refractivity contribution in [2.75, 3.05) is 0 Å². The fourth-order valence-electron chi connectivity index (χ4n) is 0.995. The van der Waals surface area contributed by atoms with Crippen LogP contribution in [0.3, 0.4) is 0 Å². The van der Waals surface area contributed by atoms with Gasteiger partial charge in [0.2, 0.25) is 0 Å². The molecule has 0 fully saturated rings. The van der Waals surface area contributed by atoms with Gasteiger partial charge in [-0.3, -0.25) is 4.79 Å². The highest BCUT2D eigenvalue weighted by Crippen LogP contribution is 2.21. The number of hydrogen-bond acceptors (Lipinski definition) is 2. The van der Waals surface area contributed by atoms with E-state index in [1.54, 1.807) is 24.3 Å². The first-order valence-electron chi connectivity index (χ1n) is 4.00. The molecule has 1 aromatic rings. The maximum absolute atomic E-state index is 11.0. The second-order valence-electron chi connectivity index (χ2n) is 2.94. The van der Waals surface area contributed by atoms with Crippen molar-refractivity contribution < 1.29 is 14.7 Å². The quantitative estimate of drug-likeness (QED) is 0.615. The van der Waals surface area contributed by atoms with Gasteiger partial charge in [-0.2, -0.15) is 0 Å². The highest BCUT2D eigenvalue weighted by molar-refractivity contribution is 6.47. The third-order valence-electron chi connectivity index (χ3n) is 1.81. The predicted octanol–water partition coefficient (Wildman–Crippen LogP) is 1.93. The lowest BCUT2D eigenvalue weighted by Gasteiger charge is -2.05. The molecule has 0 spiro atoms. The van der Waals surface area contributed by atoms with Crippen molar-refractivity contribution in [3.63, 3.8) is 0 Å². The van der Waals surface area contributed by atoms with E-state index in [2.05, 4.69) is 0 Å². The van der Waals surface area contributed by atoms with E-state index in [0.29, 0.717) is 5.56 Å². The number of aliphatic carboxylic acids is 1. The van der Waals surface area contributed by atoms with Gasteiger partial charge in [-0.25, -0.2) is 4.79 Å². The number of carboxylic acid groups (broad SMARTS) is 1. The molecule has 0 aliphatic carbocycles. The van der Waals surface area contributed by atoms with Crippen molar-refractivity contribution in [1.82, 2.24) is 0 Å². The summed E-state index contributed by atoms with van der Waals surface area (Å²) < 4.78 is 0. The fourth-order valence-corrected chi connectivity index (χ4v) is 1.23. The maximum atomic E-state index is 11.0. The lowest BCUT2D eigenvalue weighted by atomic mass is 10.1. The molecule has 1 rings (SSSR count). The zero-order valence-corrected chi connectivity index (χ0v) is 8.28. The Labute approximate surface area is 86.3 Å². The normalized spacial score (nSPS) is 12.1. The lowest BCUT2D eigenvalue weighted by Crippen LogP contribution is -2.17. The zero-order chi connectivity index (χ0) is 10.7. The van der Waals surface area contributed by atoms with E-state index in [9.17, 15) is 9.59 Å². The smallest absolute Gasteiger partial charge is 0.374 e. The van der Waals surface area contributed by atoms with E-state index >= 15 is 0 Å². The summed E-state index contributed by atoms with van der Waals surface area (Å²) in [5.41, 5.74) is 1.53. The Morgan fingerprint density at radius 3 is 2.21 bits per heavy atom. The number of hydrogen-bond donors (Lipinski definition) is 1. The molecule has 0 aliphatic rings. The summed E-state index contributed by atoms with van der Waals surface area (Å²) in [6, 6.07) is 6.85. The topological polar surface area (TPSA) is 54.4 Å². The molecule has 0 aromatic heterocycles. The molecule has 0 aliphatic heterocycles. The van der Waals surface area contributed by atoms with E-state index in [-0.39, 0.29) is 0 Å². The fraction of sp³-hybridized carbons (Fsp3) is 0.200. The van der Waals surface area contributed by atoms with Crippen LogP contribution < -0.4 is 0 Å². The number of carbonyl (C=O) groups excluding carboxylic acids is 1. The molecule has 74 valence electrons. The first-order valence-corrected chi connectivity index (χ1v) is 4.44. The third-order valence-corrected chi connectivity index (χ3v) is 2.26. The van der Waals surface area contributed by atoms with Gasteiger partial charge in [-0.1, -0.05) is 29.8 Å². The van der Waals surface area contributed by atoms with Crippen LogP contribution in [0.1, 0.15) is 16.5 Å². The van der Waals surface area contributed by atoms with Crippen LogP contribution in [0.4, 0.5) is 0 Å². The first kappa shape index (κ1) is 10.7. The SMILES string of the molecule is Cc1ccc(C(Cl)C(=O)C(=O)O)cc1. The lowest BCUT2D eigenvalue weighted by molar-refractivity contribution is -0.148. The summed E-state index contributed by atoms with van der Waals surface area (Å²) in [7, 11) is 0. The molecule has 0 amide bonds. The van der Waals surface area contributed by atoms with Gasteiger partial charge in [0, 0.05) is 0 Å². The van der Waals surface area contributed by atoms with E-state index in [1.807, 2.05) is 6.92 Å². The number of ketones is 1. The largest absolute Gasteiger partial charge is 0.475 e. The molecule has 3 nitrogen and oxygen atoms in total. The van der Waals surface area contributed by atoms with E-state index in [0.717, 1.165) is 5.56 Å². The van der Waals surface area contributed by atoms with Crippen LogP contribution in [0.5, 0.6) is 0 Å². The van der Waals surface area contributed by atoms with Crippen molar-refractivity contribution in [3.8, 4) is 0 Å². The Morgan fingerprint density at radius 1 is 1.29 bits per heavy atom. The Hall–Kier alpha value is -1.35. The van der Waals surface area contributed by atoms with Crippen LogP contribution in [0, 0.1) is 6.92 Å². The summed E-state index contributed by atoms with van der Waals surface area (Å²) in [5.74, 6) is -2.51. The Morgan fingerprint density at radius 2 is 1.79 bits per heavy atom. The van der Waals surface area contributed by atoms with Gasteiger partial charge in [0.15, 0.2) is 0 Å². The molecule has 0 saturated heterocycles. The van der Waals surface area contributed by atoms with Gasteiger partial charge >= 0.3 is 5.97 Å². The molecule has 0 heterocycles. The van der Waals surface area contributed by atoms with E-state index in [1.165, 1.54) is 0 Å². The van der Waals surface area contributed by atoms with Crippen LogP contribution in [-0.2, 0) is 9.59 Å². The van der Waals surface area contributed by atoms with Crippen molar-refractivity contribution in [1.29, 1.82) is 0 Å². The van der Waals surface area contributed by atoms with Crippen molar-refractivity contribution >= 4 is 23.4 Å². The minimum absolute atomic E-state index is 0.504. The van der Waals surface area contributed by atoms with Gasteiger partial charge in [0.05, 0.1) is 0 Å². The standard InChI is InChI=1S/C10H9ClO3/c1-6-2-4-7(5-3-6)8(11)9(12)10(13)14/h2-5,8H,1H3,(H,13,14). The number of benzene rings is 1. The number of Topliss-reactive ketones (excluding diaryl/α,β-unsaturated/α-hetero) is 1. The number of carboxylic acids is 1. The molecule has 1 N–H and O–H groups in total. The minimum Gasteiger partial charge on any atom is -0.475 e. The zero-order valence-electron chi connectivity index (χ0n) is 7.53. The molecule has 1 unspecified atom stereocenters. The minimum atomic E-state index is -1.51. The summed E-state index contributed by atoms with van der Waals surface area (Å²) in [4.78, 5) is 21.3. The van der Waals surface area contributed by atoms with Crippen molar-refractivity contribution in [3.05, 3.63) is 35.4 Å². The van der Waals surface area contributed by atoms with Gasteiger partial charge in [0.1, 0.15) is 5.38 Å². The predicted molar refractivity (Wildman–Crippen MR) is 52.4 cm³/mol.